The van der Waals surface area contributed by atoms with Crippen LogP contribution in [0.25, 0.3) is 0 Å². The van der Waals surface area contributed by atoms with Gasteiger partial charge in [-0.25, -0.2) is 0 Å². The monoisotopic (exact) mass is 310 g/mol. The molecule has 1 atom stereocenters. The number of nitrogens with zero attached hydrogens (tertiary/aromatic N) is 4. The van der Waals surface area contributed by atoms with Gasteiger partial charge in [-0.1, -0.05) is 25.4 Å². The van der Waals surface area contributed by atoms with Crippen LogP contribution in [0.3, 0.4) is 0 Å². The summed E-state index contributed by atoms with van der Waals surface area (Å²) in [4.78, 5) is 0. The van der Waals surface area contributed by atoms with E-state index in [0.717, 1.165) is 42.0 Å². The number of aliphatic hydroxyl groups excluding tert-OH is 1. The Balaban J connectivity index is 2.30. The number of hydrogen-bond acceptors (Lipinski definition) is 3. The van der Waals surface area contributed by atoms with Crippen molar-refractivity contribution in [3.8, 4) is 0 Å². The smallest absolute Gasteiger partial charge is 0.0879 e. The van der Waals surface area contributed by atoms with Crippen LogP contribution in [0.5, 0.6) is 0 Å². The number of aliphatic hydroxyl groups is 1. The van der Waals surface area contributed by atoms with Crippen molar-refractivity contribution in [2.75, 3.05) is 0 Å². The molecule has 0 bridgehead atoms. The Morgan fingerprint density at radius 2 is 1.86 bits per heavy atom. The van der Waals surface area contributed by atoms with Crippen LogP contribution < -0.4 is 0 Å². The van der Waals surface area contributed by atoms with Gasteiger partial charge in [-0.15, -0.1) is 0 Å². The molecule has 0 aliphatic carbocycles. The van der Waals surface area contributed by atoms with E-state index >= 15 is 0 Å². The van der Waals surface area contributed by atoms with Gasteiger partial charge < -0.3 is 5.11 Å². The number of aromatic nitrogens is 4. The lowest BCUT2D eigenvalue weighted by Gasteiger charge is -2.12. The molecule has 21 heavy (non-hydrogen) atoms. The van der Waals surface area contributed by atoms with Crippen molar-refractivity contribution in [3.05, 3.63) is 33.9 Å². The van der Waals surface area contributed by atoms with Crippen LogP contribution in [0.1, 0.15) is 49.5 Å². The van der Waals surface area contributed by atoms with Crippen LogP contribution in [0.4, 0.5) is 0 Å². The molecular formula is C15H23ClN4O. The standard InChI is InChI=1S/C15H23ClN4O/c1-5-11-10(9-19(4)17-11)14(21)8-13-15(16)12(6-2)18-20(13)7-3/h9,14,21H,5-8H2,1-4H3. The highest BCUT2D eigenvalue weighted by molar-refractivity contribution is 6.31. The number of halogens is 1. The zero-order chi connectivity index (χ0) is 15.6. The molecule has 5 nitrogen and oxygen atoms in total. The van der Waals surface area contributed by atoms with E-state index in [9.17, 15) is 5.11 Å². The van der Waals surface area contributed by atoms with Crippen molar-refractivity contribution < 1.29 is 5.11 Å². The van der Waals surface area contributed by atoms with Crippen LogP contribution in [0.15, 0.2) is 6.20 Å². The lowest BCUT2D eigenvalue weighted by Crippen LogP contribution is -2.09. The third-order valence-electron chi connectivity index (χ3n) is 3.71. The summed E-state index contributed by atoms with van der Waals surface area (Å²) in [5.74, 6) is 0. The highest BCUT2D eigenvalue weighted by Gasteiger charge is 2.21. The van der Waals surface area contributed by atoms with E-state index in [0.29, 0.717) is 11.4 Å². The summed E-state index contributed by atoms with van der Waals surface area (Å²) in [6.45, 7) is 6.84. The van der Waals surface area contributed by atoms with E-state index < -0.39 is 6.10 Å². The predicted octanol–water partition coefficient (Wildman–Crippen LogP) is 2.69. The fourth-order valence-electron chi connectivity index (χ4n) is 2.61. The maximum absolute atomic E-state index is 10.6. The van der Waals surface area contributed by atoms with Crippen molar-refractivity contribution in [1.29, 1.82) is 0 Å². The molecule has 0 spiro atoms. The lowest BCUT2D eigenvalue weighted by molar-refractivity contribution is 0.174. The second-order valence-corrected chi connectivity index (χ2v) is 5.53. The van der Waals surface area contributed by atoms with Gasteiger partial charge in [0.1, 0.15) is 0 Å². The maximum Gasteiger partial charge on any atom is 0.0879 e. The van der Waals surface area contributed by atoms with E-state index in [1.165, 1.54) is 0 Å². The molecule has 0 amide bonds. The summed E-state index contributed by atoms with van der Waals surface area (Å²) in [5, 5.41) is 20.1. The second kappa shape index (κ2) is 6.62. The van der Waals surface area contributed by atoms with Gasteiger partial charge in [0.15, 0.2) is 0 Å². The molecule has 0 saturated heterocycles. The summed E-state index contributed by atoms with van der Waals surface area (Å²) in [6, 6.07) is 0. The minimum Gasteiger partial charge on any atom is -0.388 e. The Morgan fingerprint density at radius 3 is 2.43 bits per heavy atom. The normalized spacial score (nSPS) is 12.9. The van der Waals surface area contributed by atoms with Gasteiger partial charge in [-0.2, -0.15) is 10.2 Å². The minimum atomic E-state index is -0.613. The van der Waals surface area contributed by atoms with Crippen molar-refractivity contribution in [2.45, 2.75) is 52.7 Å². The summed E-state index contributed by atoms with van der Waals surface area (Å²) in [5.41, 5.74) is 3.59. The van der Waals surface area contributed by atoms with Crippen LogP contribution in [0, 0.1) is 0 Å². The van der Waals surface area contributed by atoms with Gasteiger partial charge in [0.05, 0.1) is 28.2 Å². The summed E-state index contributed by atoms with van der Waals surface area (Å²) >= 11 is 6.40. The molecule has 0 aromatic carbocycles. The molecule has 1 unspecified atom stereocenters. The van der Waals surface area contributed by atoms with Gasteiger partial charge in [-0.05, 0) is 19.8 Å². The zero-order valence-electron chi connectivity index (χ0n) is 13.1. The third-order valence-corrected chi connectivity index (χ3v) is 4.15. The number of aryl methyl sites for hydroxylation is 4. The molecule has 0 saturated carbocycles. The molecule has 1 N–H and O–H groups in total. The van der Waals surface area contributed by atoms with Gasteiger partial charge in [-0.3, -0.25) is 9.36 Å². The average Bonchev–Trinajstić information content (AvgIpc) is 3.00. The van der Waals surface area contributed by atoms with E-state index in [1.54, 1.807) is 4.68 Å². The highest BCUT2D eigenvalue weighted by Crippen LogP contribution is 2.28. The number of rotatable bonds is 6. The van der Waals surface area contributed by atoms with Crippen LogP contribution >= 0.6 is 11.6 Å². The van der Waals surface area contributed by atoms with Crippen molar-refractivity contribution in [1.82, 2.24) is 19.6 Å². The Kier molecular flexibility index (Phi) is 5.06. The van der Waals surface area contributed by atoms with Crippen LogP contribution in [-0.2, 0) is 32.9 Å². The molecule has 2 aromatic rings. The molecule has 2 heterocycles. The molecule has 0 fully saturated rings. The molecule has 116 valence electrons. The summed E-state index contributed by atoms with van der Waals surface area (Å²) < 4.78 is 3.62. The molecular weight excluding hydrogens is 288 g/mol. The fraction of sp³-hybridized carbons (Fsp3) is 0.600. The third kappa shape index (κ3) is 3.14. The first-order valence-corrected chi connectivity index (χ1v) is 7.84. The highest BCUT2D eigenvalue weighted by atomic mass is 35.5. The SMILES string of the molecule is CCc1nn(C)cc1C(O)Cc1c(Cl)c(CC)nn1CC. The summed E-state index contributed by atoms with van der Waals surface area (Å²) in [6.07, 6.45) is 3.32. The first kappa shape index (κ1) is 16.0. The topological polar surface area (TPSA) is 55.9 Å². The lowest BCUT2D eigenvalue weighted by atomic mass is 10.0. The molecule has 0 aliphatic heterocycles. The number of hydrogen-bond donors (Lipinski definition) is 1. The second-order valence-electron chi connectivity index (χ2n) is 5.15. The van der Waals surface area contributed by atoms with Crippen molar-refractivity contribution in [3.63, 3.8) is 0 Å². The largest absolute Gasteiger partial charge is 0.388 e. The molecule has 0 aliphatic rings. The van der Waals surface area contributed by atoms with E-state index in [2.05, 4.69) is 10.2 Å². The Bertz CT molecular complexity index is 617. The summed E-state index contributed by atoms with van der Waals surface area (Å²) in [7, 11) is 1.87. The van der Waals surface area contributed by atoms with Crippen LogP contribution in [-0.4, -0.2) is 24.7 Å². The van der Waals surface area contributed by atoms with E-state index in [-0.39, 0.29) is 0 Å². The van der Waals surface area contributed by atoms with Gasteiger partial charge >= 0.3 is 0 Å². The fourth-order valence-corrected chi connectivity index (χ4v) is 2.96. The Labute approximate surface area is 130 Å². The van der Waals surface area contributed by atoms with E-state index in [4.69, 9.17) is 11.6 Å². The predicted molar refractivity (Wildman–Crippen MR) is 83.5 cm³/mol. The zero-order valence-corrected chi connectivity index (χ0v) is 13.9. The molecule has 2 rings (SSSR count). The Morgan fingerprint density at radius 1 is 1.19 bits per heavy atom. The van der Waals surface area contributed by atoms with E-state index in [1.807, 2.05) is 38.7 Å². The van der Waals surface area contributed by atoms with Crippen molar-refractivity contribution in [2.24, 2.45) is 7.05 Å². The van der Waals surface area contributed by atoms with Crippen LogP contribution in [0.2, 0.25) is 5.02 Å². The van der Waals surface area contributed by atoms with Crippen molar-refractivity contribution >= 4 is 11.6 Å². The first-order valence-electron chi connectivity index (χ1n) is 7.46. The van der Waals surface area contributed by atoms with Gasteiger partial charge in [0.25, 0.3) is 0 Å². The first-order chi connectivity index (χ1) is 10.0. The minimum absolute atomic E-state index is 0.457. The molecule has 0 radical (unpaired) electrons. The molecule has 6 heteroatoms. The maximum atomic E-state index is 10.6. The van der Waals surface area contributed by atoms with Gasteiger partial charge in [0.2, 0.25) is 0 Å². The molecule has 2 aromatic heterocycles. The van der Waals surface area contributed by atoms with Gasteiger partial charge in [0, 0.05) is 31.8 Å². The average molecular weight is 311 g/mol. The Hall–Kier alpha value is -1.33. The quantitative estimate of drug-likeness (QED) is 0.892.